The molecule has 4 amide bonds. The Bertz CT molecular complexity index is 1450. The number of allylic oxidation sites excluding steroid dienone is 1. The minimum Gasteiger partial charge on any atom is -0.490 e. The third-order valence-electron chi connectivity index (χ3n) is 6.02. The first kappa shape index (κ1) is 28.6. The van der Waals surface area contributed by atoms with E-state index < -0.39 is 24.4 Å². The third-order valence-corrected chi connectivity index (χ3v) is 6.55. The highest BCUT2D eigenvalue weighted by Gasteiger charge is 2.35. The Labute approximate surface area is 241 Å². The number of aryl methyl sites for hydroxylation is 1. The maximum Gasteiger partial charge on any atom is 0.329 e. The van der Waals surface area contributed by atoms with Crippen LogP contribution in [0.15, 0.2) is 83.5 Å². The molecule has 1 aliphatic heterocycles. The summed E-state index contributed by atoms with van der Waals surface area (Å²) in [6, 6.07) is 18.0. The van der Waals surface area contributed by atoms with Crippen molar-refractivity contribution in [1.29, 1.82) is 0 Å². The van der Waals surface area contributed by atoms with Crippen molar-refractivity contribution >= 4 is 45.5 Å². The van der Waals surface area contributed by atoms with Crippen molar-refractivity contribution < 1.29 is 23.9 Å². The van der Waals surface area contributed by atoms with E-state index in [0.717, 1.165) is 26.1 Å². The molecule has 9 heteroatoms. The van der Waals surface area contributed by atoms with Crippen LogP contribution >= 0.6 is 15.9 Å². The highest BCUT2D eigenvalue weighted by Crippen LogP contribution is 2.35. The van der Waals surface area contributed by atoms with Crippen LogP contribution in [0, 0.1) is 6.92 Å². The van der Waals surface area contributed by atoms with Gasteiger partial charge in [-0.05, 0) is 73.9 Å². The third kappa shape index (κ3) is 7.18. The molecule has 8 nitrogen and oxygen atoms in total. The van der Waals surface area contributed by atoms with E-state index in [1.54, 1.807) is 30.4 Å². The van der Waals surface area contributed by atoms with Crippen LogP contribution < -0.4 is 20.1 Å². The maximum atomic E-state index is 13.0. The van der Waals surface area contributed by atoms with Gasteiger partial charge in [0.1, 0.15) is 18.8 Å². The molecule has 0 aliphatic carbocycles. The molecule has 3 aromatic carbocycles. The van der Waals surface area contributed by atoms with Gasteiger partial charge in [-0.3, -0.25) is 9.59 Å². The predicted molar refractivity (Wildman–Crippen MR) is 158 cm³/mol. The second-order valence-electron chi connectivity index (χ2n) is 9.14. The van der Waals surface area contributed by atoms with Crippen molar-refractivity contribution in [2.45, 2.75) is 26.9 Å². The van der Waals surface area contributed by atoms with Crippen LogP contribution in [0.4, 0.5) is 10.5 Å². The molecular weight excluding hydrogens is 574 g/mol. The van der Waals surface area contributed by atoms with Gasteiger partial charge in [0.2, 0.25) is 5.91 Å². The summed E-state index contributed by atoms with van der Waals surface area (Å²) >= 11 is 3.44. The number of carbonyl (C=O) groups is 3. The molecule has 0 bridgehead atoms. The molecule has 1 fully saturated rings. The smallest absolute Gasteiger partial charge is 0.329 e. The van der Waals surface area contributed by atoms with Crippen LogP contribution in [-0.2, 0) is 22.6 Å². The average molecular weight is 605 g/mol. The normalized spacial score (nSPS) is 13.8. The van der Waals surface area contributed by atoms with Gasteiger partial charge in [0.25, 0.3) is 5.91 Å². The highest BCUT2D eigenvalue weighted by molar-refractivity contribution is 9.10. The van der Waals surface area contributed by atoms with Crippen molar-refractivity contribution in [3.8, 4) is 11.5 Å². The van der Waals surface area contributed by atoms with E-state index in [0.29, 0.717) is 42.4 Å². The standard InChI is InChI=1S/C31H30BrN3O5/c1-4-6-23-15-22(17-27(39-5-2)29(23)40-19-21-9-11-24(32)12-10-21)16-26-30(37)35(31(38)34-26)18-28(36)33-25-13-7-20(3)8-14-25/h4,7-17H,1,5-6,18-19H2,2-3H3,(H,33,36)(H,34,38)/b26-16+. The Morgan fingerprint density at radius 3 is 2.48 bits per heavy atom. The molecule has 4 rings (SSSR count). The largest absolute Gasteiger partial charge is 0.490 e. The Kier molecular flexibility index (Phi) is 9.39. The molecule has 0 unspecified atom stereocenters. The number of imide groups is 1. The fraction of sp³-hybridized carbons (Fsp3) is 0.194. The van der Waals surface area contributed by atoms with Gasteiger partial charge in [0.15, 0.2) is 11.5 Å². The average Bonchev–Trinajstić information content (AvgIpc) is 3.18. The van der Waals surface area contributed by atoms with Crippen LogP contribution in [0.3, 0.4) is 0 Å². The van der Waals surface area contributed by atoms with Crippen LogP contribution in [-0.4, -0.2) is 35.9 Å². The summed E-state index contributed by atoms with van der Waals surface area (Å²) in [5.74, 6) is 0.0237. The predicted octanol–water partition coefficient (Wildman–Crippen LogP) is 6.00. The molecule has 3 aromatic rings. The lowest BCUT2D eigenvalue weighted by atomic mass is 10.0. The van der Waals surface area contributed by atoms with Crippen molar-refractivity contribution in [3.63, 3.8) is 0 Å². The summed E-state index contributed by atoms with van der Waals surface area (Å²) in [7, 11) is 0. The number of carbonyl (C=O) groups excluding carboxylic acids is 3. The number of nitrogens with zero attached hydrogens (tertiary/aromatic N) is 1. The monoisotopic (exact) mass is 603 g/mol. The number of rotatable bonds is 11. The fourth-order valence-electron chi connectivity index (χ4n) is 4.10. The molecule has 2 N–H and O–H groups in total. The summed E-state index contributed by atoms with van der Waals surface area (Å²) in [5.41, 5.74) is 4.13. The van der Waals surface area contributed by atoms with Crippen LogP contribution in [0.5, 0.6) is 11.5 Å². The summed E-state index contributed by atoms with van der Waals surface area (Å²) in [4.78, 5) is 39.0. The Hall–Kier alpha value is -4.37. The van der Waals surface area contributed by atoms with Gasteiger partial charge in [-0.1, -0.05) is 51.8 Å². The molecular formula is C31H30BrN3O5. The second kappa shape index (κ2) is 13.1. The molecule has 0 atom stereocenters. The van der Waals surface area contributed by atoms with Gasteiger partial charge in [0, 0.05) is 15.7 Å². The van der Waals surface area contributed by atoms with E-state index in [-0.39, 0.29) is 5.70 Å². The Morgan fingerprint density at radius 1 is 1.07 bits per heavy atom. The lowest BCUT2D eigenvalue weighted by molar-refractivity contribution is -0.127. The fourth-order valence-corrected chi connectivity index (χ4v) is 4.36. The zero-order valence-corrected chi connectivity index (χ0v) is 23.9. The molecule has 0 saturated carbocycles. The van der Waals surface area contributed by atoms with Crippen molar-refractivity contribution in [2.24, 2.45) is 0 Å². The van der Waals surface area contributed by atoms with Gasteiger partial charge >= 0.3 is 6.03 Å². The molecule has 1 saturated heterocycles. The van der Waals surface area contributed by atoms with E-state index >= 15 is 0 Å². The van der Waals surface area contributed by atoms with Crippen LogP contribution in [0.25, 0.3) is 6.08 Å². The number of nitrogens with one attached hydrogen (secondary N) is 2. The lowest BCUT2D eigenvalue weighted by Crippen LogP contribution is -2.38. The number of urea groups is 1. The minimum atomic E-state index is -0.666. The van der Waals surface area contributed by atoms with Gasteiger partial charge < -0.3 is 20.1 Å². The molecule has 1 aliphatic rings. The van der Waals surface area contributed by atoms with Crippen molar-refractivity contribution in [2.75, 3.05) is 18.5 Å². The number of halogens is 1. The van der Waals surface area contributed by atoms with Gasteiger partial charge in [-0.25, -0.2) is 9.69 Å². The van der Waals surface area contributed by atoms with E-state index in [2.05, 4.69) is 33.1 Å². The molecule has 1 heterocycles. The zero-order valence-electron chi connectivity index (χ0n) is 22.3. The summed E-state index contributed by atoms with van der Waals surface area (Å²) in [6.45, 7) is 8.00. The number of anilines is 1. The van der Waals surface area contributed by atoms with Crippen molar-refractivity contribution in [1.82, 2.24) is 10.2 Å². The topological polar surface area (TPSA) is 97.0 Å². The minimum absolute atomic E-state index is 0.0590. The molecule has 206 valence electrons. The van der Waals surface area contributed by atoms with Gasteiger partial charge in [-0.2, -0.15) is 0 Å². The number of hydrogen-bond acceptors (Lipinski definition) is 5. The molecule has 40 heavy (non-hydrogen) atoms. The number of amides is 4. The van der Waals surface area contributed by atoms with Gasteiger partial charge in [0.05, 0.1) is 6.61 Å². The summed E-state index contributed by atoms with van der Waals surface area (Å²) in [6.07, 6.45) is 3.81. The highest BCUT2D eigenvalue weighted by atomic mass is 79.9. The molecule has 0 aromatic heterocycles. The molecule has 0 spiro atoms. The molecule has 0 radical (unpaired) electrons. The first-order valence-corrected chi connectivity index (χ1v) is 13.6. The lowest BCUT2D eigenvalue weighted by Gasteiger charge is -2.17. The summed E-state index contributed by atoms with van der Waals surface area (Å²) < 4.78 is 13.1. The second-order valence-corrected chi connectivity index (χ2v) is 10.1. The summed E-state index contributed by atoms with van der Waals surface area (Å²) in [5, 5.41) is 5.27. The first-order chi connectivity index (χ1) is 19.3. The first-order valence-electron chi connectivity index (χ1n) is 12.8. The van der Waals surface area contributed by atoms with Crippen LogP contribution in [0.2, 0.25) is 0 Å². The van der Waals surface area contributed by atoms with E-state index in [9.17, 15) is 14.4 Å². The number of hydrogen-bond donors (Lipinski definition) is 2. The number of benzene rings is 3. The van der Waals surface area contributed by atoms with Crippen LogP contribution in [0.1, 0.15) is 29.2 Å². The van der Waals surface area contributed by atoms with E-state index in [1.807, 2.05) is 56.3 Å². The van der Waals surface area contributed by atoms with E-state index in [4.69, 9.17) is 9.47 Å². The SMILES string of the molecule is C=CCc1cc(/C=C2/NC(=O)N(CC(=O)Nc3ccc(C)cc3)C2=O)cc(OCC)c1OCc1ccc(Br)cc1. The van der Waals surface area contributed by atoms with E-state index in [1.165, 1.54) is 0 Å². The zero-order chi connectivity index (χ0) is 28.6. The Balaban J connectivity index is 1.54. The van der Waals surface area contributed by atoms with Gasteiger partial charge in [-0.15, -0.1) is 6.58 Å². The van der Waals surface area contributed by atoms with Crippen molar-refractivity contribution in [3.05, 3.63) is 106 Å². The Morgan fingerprint density at radius 2 is 1.80 bits per heavy atom. The number of ether oxygens (including phenoxy) is 2. The quantitative estimate of drug-likeness (QED) is 0.159. The maximum absolute atomic E-state index is 13.0.